The standard InChI is InChI=1S/C24H25ClN2O2/c25-17-7-8-19-20(13-17)21(14-23(19)28)24(29)27-12-9-16-5-1-2-6-18(16)22(27)15-26-10-3-4-11-26/h1-2,5-8,13,21-22H,3-4,9-12,14-15H2/t21-,22+/m1/s1. The van der Waals surface area contributed by atoms with Crippen LogP contribution in [0.5, 0.6) is 0 Å². The van der Waals surface area contributed by atoms with Gasteiger partial charge in [0.1, 0.15) is 0 Å². The molecule has 0 spiro atoms. The maximum absolute atomic E-state index is 13.7. The van der Waals surface area contributed by atoms with Gasteiger partial charge in [-0.2, -0.15) is 0 Å². The Morgan fingerprint density at radius 2 is 1.83 bits per heavy atom. The van der Waals surface area contributed by atoms with E-state index in [1.807, 2.05) is 4.90 Å². The zero-order valence-corrected chi connectivity index (χ0v) is 17.2. The van der Waals surface area contributed by atoms with Gasteiger partial charge in [-0.3, -0.25) is 9.59 Å². The van der Waals surface area contributed by atoms with Crippen molar-refractivity contribution in [2.75, 3.05) is 26.2 Å². The number of rotatable bonds is 3. The first kappa shape index (κ1) is 18.8. The number of likely N-dealkylation sites (tertiary alicyclic amines) is 1. The maximum atomic E-state index is 13.7. The smallest absolute Gasteiger partial charge is 0.231 e. The molecule has 1 fully saturated rings. The third-order valence-electron chi connectivity index (χ3n) is 6.70. The summed E-state index contributed by atoms with van der Waals surface area (Å²) in [5.74, 6) is -0.302. The van der Waals surface area contributed by atoms with Crippen LogP contribution in [0.3, 0.4) is 0 Å². The van der Waals surface area contributed by atoms with Gasteiger partial charge in [-0.15, -0.1) is 0 Å². The van der Waals surface area contributed by atoms with E-state index in [0.29, 0.717) is 17.1 Å². The summed E-state index contributed by atoms with van der Waals surface area (Å²) >= 11 is 6.19. The van der Waals surface area contributed by atoms with Gasteiger partial charge in [0.25, 0.3) is 0 Å². The minimum absolute atomic E-state index is 0.0449. The Bertz CT molecular complexity index is 967. The van der Waals surface area contributed by atoms with Gasteiger partial charge in [0.15, 0.2) is 5.78 Å². The van der Waals surface area contributed by atoms with E-state index in [4.69, 9.17) is 11.6 Å². The Morgan fingerprint density at radius 3 is 2.66 bits per heavy atom. The van der Waals surface area contributed by atoms with Crippen LogP contribution in [0.4, 0.5) is 0 Å². The highest BCUT2D eigenvalue weighted by atomic mass is 35.5. The molecule has 29 heavy (non-hydrogen) atoms. The first-order chi connectivity index (χ1) is 14.1. The molecule has 0 N–H and O–H groups in total. The Morgan fingerprint density at radius 1 is 1.03 bits per heavy atom. The molecule has 2 aromatic carbocycles. The van der Waals surface area contributed by atoms with E-state index in [-0.39, 0.29) is 24.2 Å². The molecule has 0 radical (unpaired) electrons. The lowest BCUT2D eigenvalue weighted by Gasteiger charge is -2.40. The monoisotopic (exact) mass is 408 g/mol. The fourth-order valence-corrected chi connectivity index (χ4v) is 5.40. The molecule has 5 rings (SSSR count). The number of halogens is 1. The molecule has 1 aliphatic carbocycles. The van der Waals surface area contributed by atoms with Crippen LogP contribution in [0.1, 0.15) is 58.3 Å². The summed E-state index contributed by atoms with van der Waals surface area (Å²) < 4.78 is 0. The molecule has 0 saturated carbocycles. The zero-order valence-electron chi connectivity index (χ0n) is 16.4. The van der Waals surface area contributed by atoms with Crippen molar-refractivity contribution in [1.82, 2.24) is 9.80 Å². The van der Waals surface area contributed by atoms with Crippen LogP contribution < -0.4 is 0 Å². The molecule has 5 heteroatoms. The number of amides is 1. The SMILES string of the molecule is O=C1C[C@@H](C(=O)N2CCc3ccccc3[C@@H]2CN2CCCC2)c2cc(Cl)ccc21. The molecule has 2 aliphatic heterocycles. The lowest BCUT2D eigenvalue weighted by Crippen LogP contribution is -2.46. The van der Waals surface area contributed by atoms with Crippen molar-refractivity contribution < 1.29 is 9.59 Å². The van der Waals surface area contributed by atoms with Gasteiger partial charge in [0, 0.05) is 30.1 Å². The third kappa shape index (κ3) is 3.38. The summed E-state index contributed by atoms with van der Waals surface area (Å²) in [4.78, 5) is 30.7. The molecule has 1 amide bonds. The highest BCUT2D eigenvalue weighted by Crippen LogP contribution is 2.39. The number of benzene rings is 2. The third-order valence-corrected chi connectivity index (χ3v) is 6.94. The number of ketones is 1. The van der Waals surface area contributed by atoms with E-state index in [9.17, 15) is 9.59 Å². The first-order valence-corrected chi connectivity index (χ1v) is 10.9. The van der Waals surface area contributed by atoms with Crippen molar-refractivity contribution >= 4 is 23.3 Å². The number of fused-ring (bicyclic) bond motifs is 2. The highest BCUT2D eigenvalue weighted by Gasteiger charge is 2.40. The largest absolute Gasteiger partial charge is 0.333 e. The first-order valence-electron chi connectivity index (χ1n) is 10.5. The number of nitrogens with zero attached hydrogens (tertiary/aromatic N) is 2. The van der Waals surface area contributed by atoms with E-state index in [1.165, 1.54) is 24.0 Å². The molecule has 150 valence electrons. The van der Waals surface area contributed by atoms with Crippen LogP contribution >= 0.6 is 11.6 Å². The highest BCUT2D eigenvalue weighted by molar-refractivity contribution is 6.31. The van der Waals surface area contributed by atoms with Crippen LogP contribution in [-0.4, -0.2) is 47.7 Å². The summed E-state index contributed by atoms with van der Waals surface area (Å²) in [6, 6.07) is 13.8. The fourth-order valence-electron chi connectivity index (χ4n) is 5.22. The van der Waals surface area contributed by atoms with Crippen molar-refractivity contribution in [3.63, 3.8) is 0 Å². The number of carbonyl (C=O) groups excluding carboxylic acids is 2. The lowest BCUT2D eigenvalue weighted by molar-refractivity contribution is -0.136. The Balaban J connectivity index is 1.48. The number of hydrogen-bond donors (Lipinski definition) is 0. The van der Waals surface area contributed by atoms with Gasteiger partial charge in [-0.25, -0.2) is 0 Å². The Kier molecular flexibility index (Phi) is 4.92. The molecule has 2 aromatic rings. The van der Waals surface area contributed by atoms with Gasteiger partial charge in [0.05, 0.1) is 12.0 Å². The summed E-state index contributed by atoms with van der Waals surface area (Å²) in [5.41, 5.74) is 4.05. The Hall–Kier alpha value is -2.17. The normalized spacial score (nSPS) is 23.9. The molecule has 2 heterocycles. The average molecular weight is 409 g/mol. The summed E-state index contributed by atoms with van der Waals surface area (Å²) in [6.45, 7) is 3.77. The van der Waals surface area contributed by atoms with E-state index >= 15 is 0 Å². The minimum atomic E-state index is -0.414. The van der Waals surface area contributed by atoms with Crippen LogP contribution in [0.2, 0.25) is 5.02 Å². The minimum Gasteiger partial charge on any atom is -0.333 e. The maximum Gasteiger partial charge on any atom is 0.231 e. The molecule has 0 unspecified atom stereocenters. The van der Waals surface area contributed by atoms with Crippen LogP contribution in [-0.2, 0) is 11.2 Å². The lowest BCUT2D eigenvalue weighted by atomic mass is 9.90. The van der Waals surface area contributed by atoms with Crippen LogP contribution in [0.15, 0.2) is 42.5 Å². The van der Waals surface area contributed by atoms with Gasteiger partial charge >= 0.3 is 0 Å². The van der Waals surface area contributed by atoms with Crippen molar-refractivity contribution in [3.8, 4) is 0 Å². The number of hydrogen-bond acceptors (Lipinski definition) is 3. The van der Waals surface area contributed by atoms with Gasteiger partial charge in [-0.1, -0.05) is 35.9 Å². The molecular formula is C24H25ClN2O2. The topological polar surface area (TPSA) is 40.6 Å². The number of Topliss-reactive ketones (excluding diaryl/α,β-unsaturated/α-hetero) is 1. The summed E-state index contributed by atoms with van der Waals surface area (Å²) in [5, 5.41) is 0.578. The molecule has 4 nitrogen and oxygen atoms in total. The van der Waals surface area contributed by atoms with Crippen molar-refractivity contribution in [2.24, 2.45) is 0 Å². The predicted octanol–water partition coefficient (Wildman–Crippen LogP) is 4.23. The van der Waals surface area contributed by atoms with Crippen molar-refractivity contribution in [2.45, 2.75) is 37.6 Å². The second-order valence-corrected chi connectivity index (χ2v) is 8.85. The average Bonchev–Trinajstić information content (AvgIpc) is 3.35. The second-order valence-electron chi connectivity index (χ2n) is 8.42. The van der Waals surface area contributed by atoms with E-state index in [1.54, 1.807) is 18.2 Å². The summed E-state index contributed by atoms with van der Waals surface area (Å²) in [7, 11) is 0. The molecule has 1 saturated heterocycles. The fraction of sp³-hybridized carbons (Fsp3) is 0.417. The van der Waals surface area contributed by atoms with Gasteiger partial charge in [-0.05, 0) is 67.2 Å². The predicted molar refractivity (Wildman–Crippen MR) is 113 cm³/mol. The molecule has 3 aliphatic rings. The van der Waals surface area contributed by atoms with E-state index in [0.717, 1.165) is 31.6 Å². The van der Waals surface area contributed by atoms with Crippen LogP contribution in [0.25, 0.3) is 0 Å². The number of carbonyl (C=O) groups is 2. The quantitative estimate of drug-likeness (QED) is 0.763. The zero-order chi connectivity index (χ0) is 20.0. The van der Waals surface area contributed by atoms with Crippen molar-refractivity contribution in [1.29, 1.82) is 0 Å². The molecule has 0 aromatic heterocycles. The van der Waals surface area contributed by atoms with Crippen molar-refractivity contribution in [3.05, 3.63) is 69.7 Å². The Labute approximate surface area is 176 Å². The van der Waals surface area contributed by atoms with Gasteiger partial charge < -0.3 is 9.80 Å². The van der Waals surface area contributed by atoms with Crippen LogP contribution in [0, 0.1) is 0 Å². The summed E-state index contributed by atoms with van der Waals surface area (Å²) in [6.07, 6.45) is 3.57. The second kappa shape index (κ2) is 7.58. The molecule has 0 bridgehead atoms. The molecular weight excluding hydrogens is 384 g/mol. The molecule has 2 atom stereocenters. The van der Waals surface area contributed by atoms with E-state index < -0.39 is 5.92 Å². The van der Waals surface area contributed by atoms with Gasteiger partial charge in [0.2, 0.25) is 5.91 Å². The van der Waals surface area contributed by atoms with E-state index in [2.05, 4.69) is 29.2 Å².